The quantitative estimate of drug-likeness (QED) is 0.611. The van der Waals surface area contributed by atoms with Crippen LogP contribution in [0.3, 0.4) is 0 Å². The SMILES string of the molecule is CCCCOC1(c2ccccc2C)CN(C(=O)[C@H](N)Cc2ccc(OC)cc2)C1.Cl. The van der Waals surface area contributed by atoms with Crippen molar-refractivity contribution < 1.29 is 14.3 Å². The van der Waals surface area contributed by atoms with Crippen molar-refractivity contribution in [1.29, 1.82) is 0 Å². The minimum atomic E-state index is -0.561. The van der Waals surface area contributed by atoms with Gasteiger partial charge in [-0.2, -0.15) is 0 Å². The van der Waals surface area contributed by atoms with Crippen molar-refractivity contribution >= 4 is 18.3 Å². The maximum atomic E-state index is 12.9. The van der Waals surface area contributed by atoms with Gasteiger partial charge in [0.1, 0.15) is 11.4 Å². The Bertz CT molecular complexity index is 819. The topological polar surface area (TPSA) is 64.8 Å². The summed E-state index contributed by atoms with van der Waals surface area (Å²) in [5.41, 5.74) is 9.21. The zero-order valence-electron chi connectivity index (χ0n) is 18.1. The molecule has 1 aliphatic rings. The maximum absolute atomic E-state index is 12.9. The van der Waals surface area contributed by atoms with Crippen LogP contribution in [0, 0.1) is 6.92 Å². The van der Waals surface area contributed by atoms with Gasteiger partial charge in [0.15, 0.2) is 0 Å². The maximum Gasteiger partial charge on any atom is 0.240 e. The van der Waals surface area contributed by atoms with Crippen LogP contribution in [-0.4, -0.2) is 43.7 Å². The van der Waals surface area contributed by atoms with Gasteiger partial charge in [0.2, 0.25) is 5.91 Å². The molecule has 1 fully saturated rings. The fourth-order valence-electron chi connectivity index (χ4n) is 3.90. The Morgan fingerprint density at radius 3 is 2.43 bits per heavy atom. The summed E-state index contributed by atoms with van der Waals surface area (Å²) in [6.45, 7) is 6.05. The van der Waals surface area contributed by atoms with Crippen molar-refractivity contribution in [2.45, 2.75) is 44.8 Å². The molecule has 2 N–H and O–H groups in total. The molecule has 30 heavy (non-hydrogen) atoms. The highest BCUT2D eigenvalue weighted by atomic mass is 35.5. The van der Waals surface area contributed by atoms with Crippen LogP contribution >= 0.6 is 12.4 Å². The van der Waals surface area contributed by atoms with E-state index < -0.39 is 11.6 Å². The first-order valence-corrected chi connectivity index (χ1v) is 10.4. The highest BCUT2D eigenvalue weighted by Crippen LogP contribution is 2.38. The zero-order valence-corrected chi connectivity index (χ0v) is 18.9. The van der Waals surface area contributed by atoms with E-state index in [1.54, 1.807) is 7.11 Å². The summed E-state index contributed by atoms with van der Waals surface area (Å²) in [7, 11) is 1.64. The number of likely N-dealkylation sites (tertiary alicyclic amines) is 1. The second kappa shape index (κ2) is 10.8. The molecule has 2 aromatic rings. The summed E-state index contributed by atoms with van der Waals surface area (Å²) in [5, 5.41) is 0. The number of carbonyl (C=O) groups excluding carboxylic acids is 1. The summed E-state index contributed by atoms with van der Waals surface area (Å²) >= 11 is 0. The molecule has 0 spiro atoms. The van der Waals surface area contributed by atoms with E-state index in [2.05, 4.69) is 26.0 Å². The van der Waals surface area contributed by atoms with E-state index in [1.165, 1.54) is 11.1 Å². The Hall–Kier alpha value is -2.08. The Kier molecular flexibility index (Phi) is 8.71. The molecule has 2 aromatic carbocycles. The Morgan fingerprint density at radius 2 is 1.83 bits per heavy atom. The van der Waals surface area contributed by atoms with Crippen molar-refractivity contribution in [1.82, 2.24) is 4.90 Å². The van der Waals surface area contributed by atoms with Gasteiger partial charge >= 0.3 is 0 Å². The van der Waals surface area contributed by atoms with E-state index in [4.69, 9.17) is 15.2 Å². The molecule has 0 radical (unpaired) electrons. The van der Waals surface area contributed by atoms with Gasteiger partial charge < -0.3 is 20.1 Å². The van der Waals surface area contributed by atoms with Crippen molar-refractivity contribution in [2.75, 3.05) is 26.8 Å². The Labute approximate surface area is 186 Å². The van der Waals surface area contributed by atoms with E-state index >= 15 is 0 Å². The molecule has 0 unspecified atom stereocenters. The number of carbonyl (C=O) groups is 1. The van der Waals surface area contributed by atoms with Gasteiger partial charge in [-0.05, 0) is 48.6 Å². The second-order valence-electron chi connectivity index (χ2n) is 7.86. The summed E-state index contributed by atoms with van der Waals surface area (Å²) in [4.78, 5) is 14.7. The van der Waals surface area contributed by atoms with E-state index in [9.17, 15) is 4.79 Å². The number of hydrogen-bond donors (Lipinski definition) is 1. The molecule has 0 aromatic heterocycles. The van der Waals surface area contributed by atoms with E-state index in [1.807, 2.05) is 41.3 Å². The highest BCUT2D eigenvalue weighted by Gasteiger charge is 2.49. The lowest BCUT2D eigenvalue weighted by atomic mass is 9.82. The van der Waals surface area contributed by atoms with Crippen molar-refractivity contribution in [3.8, 4) is 5.75 Å². The van der Waals surface area contributed by atoms with Gasteiger partial charge in [-0.3, -0.25) is 4.79 Å². The van der Waals surface area contributed by atoms with Crippen LogP contribution in [0.15, 0.2) is 48.5 Å². The lowest BCUT2D eigenvalue weighted by Gasteiger charge is -2.51. The fourth-order valence-corrected chi connectivity index (χ4v) is 3.90. The summed E-state index contributed by atoms with van der Waals surface area (Å²) in [6, 6.07) is 15.4. The number of ether oxygens (including phenoxy) is 2. The minimum absolute atomic E-state index is 0. The Morgan fingerprint density at radius 1 is 1.17 bits per heavy atom. The molecule has 0 saturated carbocycles. The number of aryl methyl sites for hydroxylation is 1. The first-order chi connectivity index (χ1) is 14.0. The molecule has 1 heterocycles. The van der Waals surface area contributed by atoms with Crippen LogP contribution in [0.1, 0.15) is 36.5 Å². The number of amides is 1. The van der Waals surface area contributed by atoms with Crippen molar-refractivity contribution in [3.63, 3.8) is 0 Å². The molecule has 0 aliphatic carbocycles. The van der Waals surface area contributed by atoms with Gasteiger partial charge in [-0.25, -0.2) is 0 Å². The number of halogens is 1. The van der Waals surface area contributed by atoms with Crippen LogP contribution in [0.5, 0.6) is 5.75 Å². The molecule has 1 atom stereocenters. The number of nitrogens with two attached hydrogens (primary N) is 1. The average Bonchev–Trinajstić information content (AvgIpc) is 2.70. The number of nitrogens with zero attached hydrogens (tertiary/aromatic N) is 1. The fraction of sp³-hybridized carbons (Fsp3) is 0.458. The lowest BCUT2D eigenvalue weighted by molar-refractivity contribution is -0.174. The minimum Gasteiger partial charge on any atom is -0.497 e. The predicted molar refractivity (Wildman–Crippen MR) is 122 cm³/mol. The van der Waals surface area contributed by atoms with Crippen LogP contribution in [-0.2, 0) is 21.6 Å². The van der Waals surface area contributed by atoms with E-state index in [-0.39, 0.29) is 18.3 Å². The molecule has 6 heteroatoms. The molecule has 1 amide bonds. The summed E-state index contributed by atoms with van der Waals surface area (Å²) in [6.07, 6.45) is 2.60. The van der Waals surface area contributed by atoms with Gasteiger partial charge in [-0.15, -0.1) is 12.4 Å². The zero-order chi connectivity index (χ0) is 20.9. The van der Waals surface area contributed by atoms with Crippen molar-refractivity contribution in [2.24, 2.45) is 5.73 Å². The molecular formula is C24H33ClN2O3. The third kappa shape index (κ3) is 5.34. The standard InChI is InChI=1S/C24H32N2O3.ClH/c1-4-5-14-29-24(21-9-7-6-8-18(21)2)16-26(17-24)23(27)22(25)15-19-10-12-20(28-3)13-11-19;/h6-13,22H,4-5,14-17,25H2,1-3H3;1H/t22-;/m1./s1. The number of unbranched alkanes of at least 4 members (excludes halogenated alkanes) is 1. The lowest BCUT2D eigenvalue weighted by Crippen LogP contribution is -2.65. The van der Waals surface area contributed by atoms with Crippen LogP contribution in [0.2, 0.25) is 0 Å². The van der Waals surface area contributed by atoms with Gasteiger partial charge in [0, 0.05) is 6.61 Å². The molecule has 3 rings (SSSR count). The number of rotatable bonds is 9. The highest BCUT2D eigenvalue weighted by molar-refractivity contribution is 5.85. The molecular weight excluding hydrogens is 400 g/mol. The summed E-state index contributed by atoms with van der Waals surface area (Å²) in [5.74, 6) is 0.771. The predicted octanol–water partition coefficient (Wildman–Crippen LogP) is 3.85. The molecule has 0 bridgehead atoms. The third-order valence-electron chi connectivity index (χ3n) is 5.65. The summed E-state index contributed by atoms with van der Waals surface area (Å²) < 4.78 is 11.5. The number of hydrogen-bond acceptors (Lipinski definition) is 4. The van der Waals surface area contributed by atoms with Crippen LogP contribution < -0.4 is 10.5 Å². The van der Waals surface area contributed by atoms with E-state index in [0.717, 1.165) is 24.2 Å². The van der Waals surface area contributed by atoms with Crippen LogP contribution in [0.25, 0.3) is 0 Å². The Balaban J connectivity index is 0.00000320. The average molecular weight is 433 g/mol. The largest absolute Gasteiger partial charge is 0.497 e. The van der Waals surface area contributed by atoms with Gasteiger partial charge in [0.05, 0.1) is 26.2 Å². The second-order valence-corrected chi connectivity index (χ2v) is 7.86. The van der Waals surface area contributed by atoms with Crippen LogP contribution in [0.4, 0.5) is 0 Å². The van der Waals surface area contributed by atoms with E-state index in [0.29, 0.717) is 26.1 Å². The smallest absolute Gasteiger partial charge is 0.240 e. The third-order valence-corrected chi connectivity index (χ3v) is 5.65. The molecule has 1 saturated heterocycles. The first kappa shape index (κ1) is 24.2. The van der Waals surface area contributed by atoms with Gasteiger partial charge in [0.25, 0.3) is 0 Å². The van der Waals surface area contributed by atoms with Crippen molar-refractivity contribution in [3.05, 3.63) is 65.2 Å². The monoisotopic (exact) mass is 432 g/mol. The molecule has 164 valence electrons. The molecule has 5 nitrogen and oxygen atoms in total. The number of methoxy groups -OCH3 is 1. The molecule has 1 aliphatic heterocycles. The number of benzene rings is 2. The first-order valence-electron chi connectivity index (χ1n) is 10.4. The normalized spacial score (nSPS) is 15.7. The van der Waals surface area contributed by atoms with Gasteiger partial charge in [-0.1, -0.05) is 49.7 Å².